The zero-order chi connectivity index (χ0) is 33.3. The maximum Gasteiger partial charge on any atom is 0.264 e. The fraction of sp³-hybridized carbons (Fsp3) is 0.257. The molecule has 0 aliphatic carbocycles. The molecule has 0 aliphatic heterocycles. The third-order valence-electron chi connectivity index (χ3n) is 7.43. The topological polar surface area (TPSA) is 86.8 Å². The van der Waals surface area contributed by atoms with Crippen LogP contribution in [0, 0.1) is 6.92 Å². The van der Waals surface area contributed by atoms with E-state index in [1.165, 1.54) is 35.2 Å². The van der Waals surface area contributed by atoms with Gasteiger partial charge >= 0.3 is 0 Å². The maximum absolute atomic E-state index is 14.5. The molecule has 1 atom stereocenters. The Labute approximate surface area is 286 Å². The largest absolute Gasteiger partial charge is 0.354 e. The summed E-state index contributed by atoms with van der Waals surface area (Å²) in [6.45, 7) is 3.69. The minimum absolute atomic E-state index is 0.0238. The molecule has 0 spiro atoms. The van der Waals surface area contributed by atoms with Crippen LogP contribution in [0.3, 0.4) is 0 Å². The molecule has 0 fully saturated rings. The van der Waals surface area contributed by atoms with E-state index in [0.29, 0.717) is 17.1 Å². The van der Waals surface area contributed by atoms with Crippen LogP contribution in [0.2, 0.25) is 15.1 Å². The Balaban J connectivity index is 1.81. The minimum atomic E-state index is -4.31. The molecule has 2 amide bonds. The van der Waals surface area contributed by atoms with Crippen LogP contribution in [0.5, 0.6) is 0 Å². The molecule has 7 nitrogen and oxygen atoms in total. The van der Waals surface area contributed by atoms with Crippen LogP contribution in [0.15, 0.2) is 102 Å². The van der Waals surface area contributed by atoms with E-state index < -0.39 is 28.5 Å². The molecule has 46 heavy (non-hydrogen) atoms. The number of rotatable bonds is 14. The number of halogens is 3. The summed E-state index contributed by atoms with van der Waals surface area (Å²) < 4.78 is 29.3. The summed E-state index contributed by atoms with van der Waals surface area (Å²) in [5, 5.41) is 3.83. The van der Waals surface area contributed by atoms with Crippen molar-refractivity contribution in [1.82, 2.24) is 10.2 Å². The van der Waals surface area contributed by atoms with Gasteiger partial charge in [-0.1, -0.05) is 108 Å². The Morgan fingerprint density at radius 3 is 2.13 bits per heavy atom. The molecular weight excluding hydrogens is 665 g/mol. The van der Waals surface area contributed by atoms with Gasteiger partial charge in [0.1, 0.15) is 12.6 Å². The first-order valence-electron chi connectivity index (χ1n) is 14.9. The van der Waals surface area contributed by atoms with Crippen LogP contribution >= 0.6 is 34.8 Å². The molecule has 242 valence electrons. The molecule has 0 radical (unpaired) electrons. The van der Waals surface area contributed by atoms with Gasteiger partial charge in [-0.3, -0.25) is 13.9 Å². The number of nitrogens with one attached hydrogen (secondary N) is 1. The maximum atomic E-state index is 14.5. The molecule has 0 saturated heterocycles. The summed E-state index contributed by atoms with van der Waals surface area (Å²) >= 11 is 19.0. The number of carbonyl (C=O) groups excluding carboxylic acids is 2. The van der Waals surface area contributed by atoms with Crippen molar-refractivity contribution >= 4 is 62.3 Å². The van der Waals surface area contributed by atoms with Gasteiger partial charge in [0, 0.05) is 29.6 Å². The first-order valence-corrected chi connectivity index (χ1v) is 17.5. The van der Waals surface area contributed by atoms with Gasteiger partial charge in [-0.15, -0.1) is 0 Å². The molecule has 11 heteroatoms. The molecule has 1 N–H and O–H groups in total. The van der Waals surface area contributed by atoms with Crippen molar-refractivity contribution in [3.63, 3.8) is 0 Å². The fourth-order valence-corrected chi connectivity index (χ4v) is 6.86. The highest BCUT2D eigenvalue weighted by Gasteiger charge is 2.35. The lowest BCUT2D eigenvalue weighted by atomic mass is 10.0. The van der Waals surface area contributed by atoms with Gasteiger partial charge in [0.2, 0.25) is 11.8 Å². The van der Waals surface area contributed by atoms with E-state index in [4.69, 9.17) is 34.8 Å². The summed E-state index contributed by atoms with van der Waals surface area (Å²) in [5.74, 6) is -0.943. The molecule has 0 heterocycles. The number of carbonyl (C=O) groups is 2. The van der Waals surface area contributed by atoms with E-state index >= 15 is 0 Å². The van der Waals surface area contributed by atoms with Crippen molar-refractivity contribution < 1.29 is 18.0 Å². The van der Waals surface area contributed by atoms with E-state index in [0.717, 1.165) is 28.3 Å². The summed E-state index contributed by atoms with van der Waals surface area (Å²) in [6, 6.07) is 26.1. The zero-order valence-corrected chi connectivity index (χ0v) is 28.7. The number of anilines is 1. The number of amides is 2. The van der Waals surface area contributed by atoms with Gasteiger partial charge in [0.15, 0.2) is 0 Å². The average Bonchev–Trinajstić information content (AvgIpc) is 3.04. The summed E-state index contributed by atoms with van der Waals surface area (Å²) in [7, 11) is -4.31. The van der Waals surface area contributed by atoms with Crippen LogP contribution in [-0.2, 0) is 32.6 Å². The lowest BCUT2D eigenvalue weighted by Gasteiger charge is -2.34. The van der Waals surface area contributed by atoms with E-state index in [1.54, 1.807) is 36.4 Å². The summed E-state index contributed by atoms with van der Waals surface area (Å²) in [5.41, 5.74) is 2.47. The fourth-order valence-electron chi connectivity index (χ4n) is 4.87. The summed E-state index contributed by atoms with van der Waals surface area (Å²) in [4.78, 5) is 29.8. The molecule has 0 aromatic heterocycles. The van der Waals surface area contributed by atoms with Crippen LogP contribution in [0.4, 0.5) is 5.69 Å². The van der Waals surface area contributed by atoms with Crippen LogP contribution in [0.1, 0.15) is 36.5 Å². The predicted molar refractivity (Wildman–Crippen MR) is 186 cm³/mol. The van der Waals surface area contributed by atoms with Crippen LogP contribution in [-0.4, -0.2) is 44.3 Å². The van der Waals surface area contributed by atoms with Crippen LogP contribution in [0.25, 0.3) is 0 Å². The van der Waals surface area contributed by atoms with Gasteiger partial charge < -0.3 is 10.2 Å². The van der Waals surface area contributed by atoms with Crippen molar-refractivity contribution in [1.29, 1.82) is 0 Å². The Kier molecular flexibility index (Phi) is 12.5. The first-order chi connectivity index (χ1) is 22.0. The van der Waals surface area contributed by atoms with E-state index in [2.05, 4.69) is 5.32 Å². The Morgan fingerprint density at radius 2 is 1.48 bits per heavy atom. The Bertz CT molecular complexity index is 1740. The van der Waals surface area contributed by atoms with Gasteiger partial charge in [-0.2, -0.15) is 0 Å². The molecule has 0 saturated carbocycles. The summed E-state index contributed by atoms with van der Waals surface area (Å²) in [6.07, 6.45) is 1.86. The number of hydrogen-bond donors (Lipinski definition) is 1. The van der Waals surface area contributed by atoms with Crippen molar-refractivity contribution in [2.75, 3.05) is 17.4 Å². The number of hydrogen-bond acceptors (Lipinski definition) is 4. The molecule has 0 bridgehead atoms. The third-order valence-corrected chi connectivity index (χ3v) is 10.0. The molecular formula is C35H36Cl3N3O4S. The van der Waals surface area contributed by atoms with Crippen molar-refractivity contribution in [2.24, 2.45) is 0 Å². The Morgan fingerprint density at radius 1 is 0.826 bits per heavy atom. The molecule has 1 unspecified atom stereocenters. The highest BCUT2D eigenvalue weighted by molar-refractivity contribution is 7.92. The molecule has 4 rings (SSSR count). The first kappa shape index (κ1) is 35.3. The minimum Gasteiger partial charge on any atom is -0.354 e. The molecule has 0 aliphatic rings. The smallest absolute Gasteiger partial charge is 0.264 e. The predicted octanol–water partition coefficient (Wildman–Crippen LogP) is 7.71. The normalized spacial score (nSPS) is 11.9. The number of nitrogens with zero attached hydrogens (tertiary/aromatic N) is 2. The third kappa shape index (κ3) is 9.26. The quantitative estimate of drug-likeness (QED) is 0.137. The van der Waals surface area contributed by atoms with Gasteiger partial charge in [-0.05, 0) is 66.9 Å². The number of benzene rings is 4. The van der Waals surface area contributed by atoms with E-state index in [-0.39, 0.29) is 39.5 Å². The average molecular weight is 701 g/mol. The number of sulfonamides is 1. The van der Waals surface area contributed by atoms with Crippen molar-refractivity contribution in [3.8, 4) is 0 Å². The van der Waals surface area contributed by atoms with E-state index in [1.807, 2.05) is 44.2 Å². The number of aryl methyl sites for hydroxylation is 1. The number of unbranched alkanes of at least 4 members (excludes halogenated alkanes) is 1. The lowest BCUT2D eigenvalue weighted by Crippen LogP contribution is -2.53. The highest BCUT2D eigenvalue weighted by atomic mass is 35.5. The highest BCUT2D eigenvalue weighted by Crippen LogP contribution is 2.33. The second-order valence-electron chi connectivity index (χ2n) is 10.9. The van der Waals surface area contributed by atoms with Crippen molar-refractivity contribution in [3.05, 3.63) is 129 Å². The van der Waals surface area contributed by atoms with Crippen LogP contribution < -0.4 is 9.62 Å². The Hall–Kier alpha value is -3.56. The SMILES string of the molecule is CCCCNC(=O)C(Cc1ccccc1)N(Cc1ccc(Cl)cc1)C(=O)CN(c1cc(Cl)ccc1Cl)S(=O)(=O)c1ccc(C)cc1. The van der Waals surface area contributed by atoms with Crippen molar-refractivity contribution in [2.45, 2.75) is 50.6 Å². The lowest BCUT2D eigenvalue weighted by molar-refractivity contribution is -0.140. The van der Waals surface area contributed by atoms with Gasteiger partial charge in [0.25, 0.3) is 10.0 Å². The van der Waals surface area contributed by atoms with Gasteiger partial charge in [-0.25, -0.2) is 8.42 Å². The van der Waals surface area contributed by atoms with Gasteiger partial charge in [0.05, 0.1) is 15.6 Å². The monoisotopic (exact) mass is 699 g/mol. The second kappa shape index (κ2) is 16.3. The van der Waals surface area contributed by atoms with E-state index in [9.17, 15) is 18.0 Å². The molecule has 4 aromatic rings. The second-order valence-corrected chi connectivity index (χ2v) is 14.1. The molecule has 4 aromatic carbocycles. The zero-order valence-electron chi connectivity index (χ0n) is 25.6. The standard InChI is InChI=1S/C35H36Cl3N3O4S/c1-3-4-20-39-35(43)33(21-26-8-6-5-7-9-26)40(23-27-12-14-28(36)15-13-27)34(42)24-41(32-22-29(37)16-19-31(32)38)46(44,45)30-17-10-25(2)11-18-30/h5-19,22,33H,3-4,20-21,23-24H2,1-2H3,(H,39,43).